The number of nitrogens with one attached hydrogen (secondary N) is 1. The van der Waals surface area contributed by atoms with Gasteiger partial charge in [-0.3, -0.25) is 0 Å². The normalized spacial score (nSPS) is 16.3. The highest BCUT2D eigenvalue weighted by Crippen LogP contribution is 2.19. The lowest BCUT2D eigenvalue weighted by Gasteiger charge is -2.33. The van der Waals surface area contributed by atoms with Crippen LogP contribution in [0.5, 0.6) is 0 Å². The van der Waals surface area contributed by atoms with Crippen molar-refractivity contribution in [1.29, 1.82) is 0 Å². The molecule has 0 saturated carbocycles. The molecule has 1 aromatic heterocycles. The lowest BCUT2D eigenvalue weighted by Crippen LogP contribution is -2.42. The summed E-state index contributed by atoms with van der Waals surface area (Å²) in [4.78, 5) is 6.75. The van der Waals surface area contributed by atoms with Crippen LogP contribution >= 0.6 is 0 Å². The van der Waals surface area contributed by atoms with Crippen molar-refractivity contribution >= 4 is 5.69 Å². The van der Waals surface area contributed by atoms with Crippen molar-refractivity contribution in [1.82, 2.24) is 10.3 Å². The first kappa shape index (κ1) is 14.1. The fourth-order valence-corrected chi connectivity index (χ4v) is 2.81. The van der Waals surface area contributed by atoms with E-state index < -0.39 is 0 Å². The smallest absolute Gasteiger partial charge is 0.208 e. The van der Waals surface area contributed by atoms with Gasteiger partial charge in [-0.05, 0) is 25.0 Å². The molecule has 0 unspecified atom stereocenters. The number of rotatable bonds is 5. The standard InChI is InChI=1S/C17H23N3O/c1-2-16-12-19-17(21-16)13-18-14-8-10-20(11-9-14)15-6-4-3-5-7-15/h3-7,12,14,18H,2,8-11,13H2,1H3. The van der Waals surface area contributed by atoms with E-state index in [0.717, 1.165) is 50.5 Å². The molecule has 1 fully saturated rings. The summed E-state index contributed by atoms with van der Waals surface area (Å²) in [5, 5.41) is 3.56. The van der Waals surface area contributed by atoms with Gasteiger partial charge < -0.3 is 14.6 Å². The average molecular weight is 285 g/mol. The second-order valence-electron chi connectivity index (χ2n) is 5.55. The van der Waals surface area contributed by atoms with Crippen LogP contribution in [-0.2, 0) is 13.0 Å². The summed E-state index contributed by atoms with van der Waals surface area (Å²) in [6, 6.07) is 11.2. The molecule has 0 spiro atoms. The van der Waals surface area contributed by atoms with Crippen molar-refractivity contribution in [2.24, 2.45) is 0 Å². The van der Waals surface area contributed by atoms with Gasteiger partial charge in [-0.15, -0.1) is 0 Å². The zero-order chi connectivity index (χ0) is 14.5. The van der Waals surface area contributed by atoms with Crippen molar-refractivity contribution in [3.63, 3.8) is 0 Å². The predicted molar refractivity (Wildman–Crippen MR) is 84.4 cm³/mol. The van der Waals surface area contributed by atoms with Crippen LogP contribution in [0, 0.1) is 0 Å². The predicted octanol–water partition coefficient (Wildman–Crippen LogP) is 3.00. The molecular weight excluding hydrogens is 262 g/mol. The molecule has 4 nitrogen and oxygen atoms in total. The number of anilines is 1. The molecule has 1 aliphatic heterocycles. The molecular formula is C17H23N3O. The third-order valence-corrected chi connectivity index (χ3v) is 4.11. The fourth-order valence-electron chi connectivity index (χ4n) is 2.81. The van der Waals surface area contributed by atoms with E-state index in [1.165, 1.54) is 5.69 Å². The molecule has 3 rings (SSSR count). The Bertz CT molecular complexity index is 544. The van der Waals surface area contributed by atoms with Crippen molar-refractivity contribution in [2.45, 2.75) is 38.8 Å². The minimum atomic E-state index is 0.557. The van der Waals surface area contributed by atoms with E-state index in [9.17, 15) is 0 Å². The van der Waals surface area contributed by atoms with Gasteiger partial charge in [0.25, 0.3) is 0 Å². The van der Waals surface area contributed by atoms with Gasteiger partial charge in [-0.25, -0.2) is 4.98 Å². The molecule has 0 bridgehead atoms. The molecule has 2 heterocycles. The summed E-state index contributed by atoms with van der Waals surface area (Å²) < 4.78 is 5.63. The van der Waals surface area contributed by atoms with Gasteiger partial charge in [0.15, 0.2) is 0 Å². The highest BCUT2D eigenvalue weighted by Gasteiger charge is 2.19. The summed E-state index contributed by atoms with van der Waals surface area (Å²) >= 11 is 0. The fraction of sp³-hybridized carbons (Fsp3) is 0.471. The molecule has 1 aromatic carbocycles. The summed E-state index contributed by atoms with van der Waals surface area (Å²) in [5.41, 5.74) is 1.33. The maximum atomic E-state index is 5.63. The number of oxazole rings is 1. The van der Waals surface area contributed by atoms with Crippen LogP contribution in [0.2, 0.25) is 0 Å². The quantitative estimate of drug-likeness (QED) is 0.917. The molecule has 112 valence electrons. The zero-order valence-corrected chi connectivity index (χ0v) is 12.6. The van der Waals surface area contributed by atoms with Crippen LogP contribution in [0.15, 0.2) is 40.9 Å². The number of para-hydroxylation sites is 1. The molecule has 0 atom stereocenters. The number of hydrogen-bond donors (Lipinski definition) is 1. The third kappa shape index (κ3) is 3.64. The molecule has 21 heavy (non-hydrogen) atoms. The topological polar surface area (TPSA) is 41.3 Å². The van der Waals surface area contributed by atoms with Gasteiger partial charge in [0.05, 0.1) is 12.7 Å². The number of piperidine rings is 1. The maximum Gasteiger partial charge on any atom is 0.208 e. The largest absolute Gasteiger partial charge is 0.444 e. The summed E-state index contributed by atoms with van der Waals surface area (Å²) in [7, 11) is 0. The van der Waals surface area contributed by atoms with Crippen molar-refractivity contribution in [3.8, 4) is 0 Å². The first-order chi connectivity index (χ1) is 10.3. The molecule has 1 N–H and O–H groups in total. The summed E-state index contributed by atoms with van der Waals surface area (Å²) in [6.07, 6.45) is 5.06. The lowest BCUT2D eigenvalue weighted by atomic mass is 10.0. The Morgan fingerprint density at radius 3 is 2.67 bits per heavy atom. The van der Waals surface area contributed by atoms with Gasteiger partial charge in [-0.2, -0.15) is 0 Å². The molecule has 4 heteroatoms. The minimum absolute atomic E-state index is 0.557. The molecule has 2 aromatic rings. The zero-order valence-electron chi connectivity index (χ0n) is 12.6. The lowest BCUT2D eigenvalue weighted by molar-refractivity contribution is 0.375. The van der Waals surface area contributed by atoms with Crippen LogP contribution in [0.25, 0.3) is 0 Å². The minimum Gasteiger partial charge on any atom is -0.444 e. The van der Waals surface area contributed by atoms with Gasteiger partial charge >= 0.3 is 0 Å². The number of aryl methyl sites for hydroxylation is 1. The average Bonchev–Trinajstić information content (AvgIpc) is 3.02. The van der Waals surface area contributed by atoms with Crippen LogP contribution in [0.4, 0.5) is 5.69 Å². The number of hydrogen-bond acceptors (Lipinski definition) is 4. The van der Waals surface area contributed by atoms with E-state index in [2.05, 4.69) is 52.5 Å². The van der Waals surface area contributed by atoms with E-state index in [4.69, 9.17) is 4.42 Å². The van der Waals surface area contributed by atoms with Gasteiger partial charge in [-0.1, -0.05) is 25.1 Å². The molecule has 0 aliphatic carbocycles. The van der Waals surface area contributed by atoms with Gasteiger partial charge in [0.1, 0.15) is 5.76 Å². The third-order valence-electron chi connectivity index (χ3n) is 4.11. The maximum absolute atomic E-state index is 5.63. The van der Waals surface area contributed by atoms with Crippen LogP contribution < -0.4 is 10.2 Å². The Morgan fingerprint density at radius 1 is 1.24 bits per heavy atom. The Balaban J connectivity index is 1.45. The highest BCUT2D eigenvalue weighted by molar-refractivity contribution is 5.46. The van der Waals surface area contributed by atoms with Crippen LogP contribution in [0.1, 0.15) is 31.4 Å². The van der Waals surface area contributed by atoms with Crippen LogP contribution in [0.3, 0.4) is 0 Å². The van der Waals surface area contributed by atoms with E-state index in [1.807, 2.05) is 6.20 Å². The van der Waals surface area contributed by atoms with Crippen molar-refractivity contribution < 1.29 is 4.42 Å². The van der Waals surface area contributed by atoms with Gasteiger partial charge in [0.2, 0.25) is 5.89 Å². The second-order valence-corrected chi connectivity index (χ2v) is 5.55. The van der Waals surface area contributed by atoms with Crippen molar-refractivity contribution in [2.75, 3.05) is 18.0 Å². The van der Waals surface area contributed by atoms with Crippen LogP contribution in [-0.4, -0.2) is 24.1 Å². The number of aromatic nitrogens is 1. The summed E-state index contributed by atoms with van der Waals surface area (Å²) in [5.74, 6) is 1.77. The molecule has 0 amide bonds. The SMILES string of the molecule is CCc1cnc(CNC2CCN(c3ccccc3)CC2)o1. The van der Waals surface area contributed by atoms with E-state index in [0.29, 0.717) is 6.04 Å². The Hall–Kier alpha value is -1.81. The highest BCUT2D eigenvalue weighted by atomic mass is 16.4. The Morgan fingerprint density at radius 2 is 2.00 bits per heavy atom. The second kappa shape index (κ2) is 6.76. The molecule has 1 saturated heterocycles. The Labute approximate surface area is 126 Å². The molecule has 0 radical (unpaired) electrons. The van der Waals surface area contributed by atoms with E-state index in [1.54, 1.807) is 0 Å². The summed E-state index contributed by atoms with van der Waals surface area (Å²) in [6.45, 7) is 5.02. The molecule has 1 aliphatic rings. The van der Waals surface area contributed by atoms with E-state index >= 15 is 0 Å². The van der Waals surface area contributed by atoms with Crippen molar-refractivity contribution in [3.05, 3.63) is 48.2 Å². The monoisotopic (exact) mass is 285 g/mol. The van der Waals surface area contributed by atoms with E-state index in [-0.39, 0.29) is 0 Å². The first-order valence-corrected chi connectivity index (χ1v) is 7.82. The number of nitrogens with zero attached hydrogens (tertiary/aromatic N) is 2. The first-order valence-electron chi connectivity index (χ1n) is 7.82. The number of benzene rings is 1. The van der Waals surface area contributed by atoms with Gasteiger partial charge in [0, 0.05) is 31.2 Å². The Kier molecular flexibility index (Phi) is 4.55.